The molecule has 110 valence electrons. The summed E-state index contributed by atoms with van der Waals surface area (Å²) in [6.45, 7) is 7.49. The Kier molecular flexibility index (Phi) is 4.81. The second-order valence-electron chi connectivity index (χ2n) is 5.78. The number of hydrogen-bond acceptors (Lipinski definition) is 5. The van der Waals surface area contributed by atoms with E-state index in [-0.39, 0.29) is 18.2 Å². The van der Waals surface area contributed by atoms with Crippen LogP contribution in [-0.2, 0) is 19.0 Å². The predicted octanol–water partition coefficient (Wildman–Crippen LogP) is 1.25. The molecule has 0 aromatic heterocycles. The van der Waals surface area contributed by atoms with Crippen LogP contribution in [0.5, 0.6) is 0 Å². The van der Waals surface area contributed by atoms with Crippen LogP contribution in [0.1, 0.15) is 40.0 Å². The van der Waals surface area contributed by atoms with Crippen LogP contribution in [-0.4, -0.2) is 49.6 Å². The van der Waals surface area contributed by atoms with E-state index in [1.54, 1.807) is 0 Å². The summed E-state index contributed by atoms with van der Waals surface area (Å²) >= 11 is 0. The average molecular weight is 271 g/mol. The quantitative estimate of drug-likeness (QED) is 0.673. The zero-order valence-corrected chi connectivity index (χ0v) is 12.1. The number of nitrogens with one attached hydrogen (secondary N) is 1. The van der Waals surface area contributed by atoms with Crippen LogP contribution in [0, 0.1) is 0 Å². The maximum absolute atomic E-state index is 12.2. The molecule has 2 fully saturated rings. The first-order valence-electron chi connectivity index (χ1n) is 7.21. The highest BCUT2D eigenvalue weighted by atomic mass is 16.6. The maximum atomic E-state index is 12.2. The Morgan fingerprint density at radius 1 is 1.47 bits per heavy atom. The summed E-state index contributed by atoms with van der Waals surface area (Å²) in [5.41, 5.74) is -0.652. The minimum atomic E-state index is -0.652. The molecule has 0 spiro atoms. The van der Waals surface area contributed by atoms with Gasteiger partial charge in [0.25, 0.3) is 0 Å². The van der Waals surface area contributed by atoms with E-state index in [4.69, 9.17) is 14.2 Å². The largest absolute Gasteiger partial charge is 0.465 e. The normalized spacial score (nSPS) is 24.4. The van der Waals surface area contributed by atoms with E-state index in [1.165, 1.54) is 0 Å². The highest BCUT2D eigenvalue weighted by molar-refractivity contribution is 5.80. The summed E-state index contributed by atoms with van der Waals surface area (Å²) in [6, 6.07) is 0.452. The van der Waals surface area contributed by atoms with Crippen molar-refractivity contribution in [2.75, 3.05) is 19.8 Å². The molecule has 0 radical (unpaired) electrons. The molecule has 1 N–H and O–H groups in total. The SMILES string of the molecule is CCOC(=O)C(C)(CC(C)OC1COC1)NC1CC1. The first-order valence-corrected chi connectivity index (χ1v) is 7.21. The van der Waals surface area contributed by atoms with Crippen LogP contribution in [0.3, 0.4) is 0 Å². The lowest BCUT2D eigenvalue weighted by molar-refractivity contribution is -0.164. The standard InChI is InChI=1S/C14H25NO4/c1-4-18-13(16)14(3,15-11-5-6-11)7-10(2)19-12-8-17-9-12/h10-12,15H,4-9H2,1-3H3. The Balaban J connectivity index is 1.88. The van der Waals surface area contributed by atoms with Crippen molar-refractivity contribution in [3.05, 3.63) is 0 Å². The lowest BCUT2D eigenvalue weighted by Gasteiger charge is -2.34. The molecule has 1 aliphatic heterocycles. The number of ether oxygens (including phenoxy) is 3. The number of carbonyl (C=O) groups is 1. The van der Waals surface area contributed by atoms with Gasteiger partial charge in [-0.15, -0.1) is 0 Å². The van der Waals surface area contributed by atoms with Gasteiger partial charge in [0, 0.05) is 12.5 Å². The van der Waals surface area contributed by atoms with E-state index in [0.29, 0.717) is 32.3 Å². The zero-order chi connectivity index (χ0) is 13.9. The van der Waals surface area contributed by atoms with Crippen molar-refractivity contribution >= 4 is 5.97 Å². The molecule has 2 rings (SSSR count). The molecule has 1 saturated heterocycles. The van der Waals surface area contributed by atoms with Crippen molar-refractivity contribution in [2.45, 2.75) is 63.8 Å². The Hall–Kier alpha value is -0.650. The molecule has 2 unspecified atom stereocenters. The summed E-state index contributed by atoms with van der Waals surface area (Å²) in [6.07, 6.45) is 3.09. The lowest BCUT2D eigenvalue weighted by atomic mass is 9.94. The van der Waals surface area contributed by atoms with Gasteiger partial charge in [-0.05, 0) is 33.6 Å². The summed E-state index contributed by atoms with van der Waals surface area (Å²) in [5, 5.41) is 3.41. The van der Waals surface area contributed by atoms with Gasteiger partial charge in [0.2, 0.25) is 0 Å². The molecule has 0 bridgehead atoms. The Morgan fingerprint density at radius 2 is 2.16 bits per heavy atom. The van der Waals surface area contributed by atoms with Crippen LogP contribution < -0.4 is 5.32 Å². The van der Waals surface area contributed by atoms with Gasteiger partial charge in [-0.2, -0.15) is 0 Å². The summed E-state index contributed by atoms with van der Waals surface area (Å²) < 4.78 is 16.1. The van der Waals surface area contributed by atoms with E-state index < -0.39 is 5.54 Å². The van der Waals surface area contributed by atoms with Gasteiger partial charge >= 0.3 is 5.97 Å². The molecule has 19 heavy (non-hydrogen) atoms. The average Bonchev–Trinajstić information content (AvgIpc) is 3.07. The van der Waals surface area contributed by atoms with Crippen LogP contribution in [0.2, 0.25) is 0 Å². The molecule has 2 aliphatic rings. The Labute approximate surface area is 115 Å². The number of hydrogen-bond donors (Lipinski definition) is 1. The van der Waals surface area contributed by atoms with Gasteiger partial charge in [0.05, 0.1) is 25.9 Å². The minimum Gasteiger partial charge on any atom is -0.465 e. The van der Waals surface area contributed by atoms with Crippen LogP contribution in [0.15, 0.2) is 0 Å². The molecule has 1 aliphatic carbocycles. The molecule has 0 amide bonds. The summed E-state index contributed by atoms with van der Waals surface area (Å²) in [7, 11) is 0. The van der Waals surface area contributed by atoms with Gasteiger partial charge < -0.3 is 14.2 Å². The van der Waals surface area contributed by atoms with Crippen LogP contribution in [0.4, 0.5) is 0 Å². The van der Waals surface area contributed by atoms with Crippen LogP contribution >= 0.6 is 0 Å². The molecular formula is C14H25NO4. The smallest absolute Gasteiger partial charge is 0.326 e. The number of rotatable bonds is 8. The minimum absolute atomic E-state index is 0.00885. The monoisotopic (exact) mass is 271 g/mol. The third-order valence-corrected chi connectivity index (χ3v) is 3.55. The van der Waals surface area contributed by atoms with E-state index in [0.717, 1.165) is 12.8 Å². The fourth-order valence-corrected chi connectivity index (χ4v) is 2.41. The van der Waals surface area contributed by atoms with Crippen molar-refractivity contribution in [3.8, 4) is 0 Å². The first kappa shape index (κ1) is 14.8. The van der Waals surface area contributed by atoms with Gasteiger partial charge in [-0.1, -0.05) is 0 Å². The molecule has 1 heterocycles. The van der Waals surface area contributed by atoms with Gasteiger partial charge in [-0.25, -0.2) is 0 Å². The molecule has 1 saturated carbocycles. The third kappa shape index (κ3) is 4.16. The zero-order valence-electron chi connectivity index (χ0n) is 12.1. The van der Waals surface area contributed by atoms with Gasteiger partial charge in [0.15, 0.2) is 0 Å². The number of carbonyl (C=O) groups excluding carboxylic acids is 1. The first-order chi connectivity index (χ1) is 9.03. The van der Waals surface area contributed by atoms with Crippen molar-refractivity contribution in [3.63, 3.8) is 0 Å². The second-order valence-corrected chi connectivity index (χ2v) is 5.78. The lowest BCUT2D eigenvalue weighted by Crippen LogP contribution is -2.54. The molecule has 2 atom stereocenters. The molecule has 5 nitrogen and oxygen atoms in total. The maximum Gasteiger partial charge on any atom is 0.326 e. The molecule has 5 heteroatoms. The molecular weight excluding hydrogens is 246 g/mol. The van der Waals surface area contributed by atoms with Crippen molar-refractivity contribution in [2.24, 2.45) is 0 Å². The fourth-order valence-electron chi connectivity index (χ4n) is 2.41. The van der Waals surface area contributed by atoms with E-state index >= 15 is 0 Å². The van der Waals surface area contributed by atoms with E-state index in [9.17, 15) is 4.79 Å². The molecule has 0 aromatic rings. The van der Waals surface area contributed by atoms with E-state index in [1.807, 2.05) is 20.8 Å². The van der Waals surface area contributed by atoms with Crippen molar-refractivity contribution in [1.29, 1.82) is 0 Å². The Bertz CT molecular complexity index is 315. The third-order valence-electron chi connectivity index (χ3n) is 3.55. The topological polar surface area (TPSA) is 56.8 Å². The highest BCUT2D eigenvalue weighted by Gasteiger charge is 2.41. The summed E-state index contributed by atoms with van der Waals surface area (Å²) in [5.74, 6) is -0.179. The van der Waals surface area contributed by atoms with Gasteiger partial charge in [-0.3, -0.25) is 10.1 Å². The van der Waals surface area contributed by atoms with E-state index in [2.05, 4.69) is 5.32 Å². The van der Waals surface area contributed by atoms with Crippen molar-refractivity contribution < 1.29 is 19.0 Å². The summed E-state index contributed by atoms with van der Waals surface area (Å²) in [4.78, 5) is 12.2. The number of esters is 1. The Morgan fingerprint density at radius 3 is 2.63 bits per heavy atom. The van der Waals surface area contributed by atoms with Crippen LogP contribution in [0.25, 0.3) is 0 Å². The van der Waals surface area contributed by atoms with Gasteiger partial charge in [0.1, 0.15) is 11.6 Å². The second kappa shape index (κ2) is 6.20. The highest BCUT2D eigenvalue weighted by Crippen LogP contribution is 2.27. The fraction of sp³-hybridized carbons (Fsp3) is 0.929. The van der Waals surface area contributed by atoms with Crippen molar-refractivity contribution in [1.82, 2.24) is 5.32 Å². The predicted molar refractivity (Wildman–Crippen MR) is 71.0 cm³/mol. The molecule has 0 aromatic carbocycles.